The van der Waals surface area contributed by atoms with E-state index in [-0.39, 0.29) is 5.91 Å². The third-order valence-electron chi connectivity index (χ3n) is 4.04. The van der Waals surface area contributed by atoms with E-state index in [2.05, 4.69) is 21.2 Å². The van der Waals surface area contributed by atoms with Crippen molar-refractivity contribution in [2.24, 2.45) is 11.1 Å². The van der Waals surface area contributed by atoms with Gasteiger partial charge in [-0.3, -0.25) is 4.79 Å². The minimum absolute atomic E-state index is 0.0690. The first-order chi connectivity index (χ1) is 9.45. The van der Waals surface area contributed by atoms with Crippen molar-refractivity contribution in [3.8, 4) is 0 Å². The van der Waals surface area contributed by atoms with Crippen molar-refractivity contribution in [1.82, 2.24) is 0 Å². The van der Waals surface area contributed by atoms with Crippen molar-refractivity contribution in [3.63, 3.8) is 0 Å². The van der Waals surface area contributed by atoms with Crippen LogP contribution in [-0.2, 0) is 4.79 Å². The third kappa shape index (κ3) is 3.04. The van der Waals surface area contributed by atoms with Crippen LogP contribution in [0.1, 0.15) is 37.7 Å². The third-order valence-corrected chi connectivity index (χ3v) is 5.29. The van der Waals surface area contributed by atoms with E-state index in [9.17, 15) is 4.79 Å². The van der Waals surface area contributed by atoms with Crippen molar-refractivity contribution < 1.29 is 4.79 Å². The summed E-state index contributed by atoms with van der Waals surface area (Å²) >= 11 is 8.65. The maximum absolute atomic E-state index is 12.6. The number of anilines is 1. The number of carbonyl (C=O) groups is 1. The molecule has 1 aliphatic rings. The SMILES string of the molecule is Cc1ccc(NC(=O)C2(C(N)=S)CCCCC2)cc1Br. The zero-order valence-electron chi connectivity index (χ0n) is 11.5. The quantitative estimate of drug-likeness (QED) is 0.808. The van der Waals surface area contributed by atoms with Crippen molar-refractivity contribution in [1.29, 1.82) is 0 Å². The lowest BCUT2D eigenvalue weighted by Gasteiger charge is -2.34. The maximum atomic E-state index is 12.6. The first-order valence-electron chi connectivity index (χ1n) is 6.83. The molecular weight excluding hydrogens is 336 g/mol. The molecule has 1 aromatic carbocycles. The summed E-state index contributed by atoms with van der Waals surface area (Å²) in [4.78, 5) is 13.0. The Morgan fingerprint density at radius 3 is 2.55 bits per heavy atom. The van der Waals surface area contributed by atoms with E-state index in [0.717, 1.165) is 47.8 Å². The highest BCUT2D eigenvalue weighted by atomic mass is 79.9. The highest BCUT2D eigenvalue weighted by Gasteiger charge is 2.42. The average molecular weight is 355 g/mol. The predicted molar refractivity (Wildman–Crippen MR) is 89.8 cm³/mol. The molecule has 3 N–H and O–H groups in total. The number of hydrogen-bond donors (Lipinski definition) is 2. The van der Waals surface area contributed by atoms with Crippen LogP contribution in [0.15, 0.2) is 22.7 Å². The van der Waals surface area contributed by atoms with Crippen LogP contribution in [0.5, 0.6) is 0 Å². The fourth-order valence-electron chi connectivity index (χ4n) is 2.66. The van der Waals surface area contributed by atoms with Crippen molar-refractivity contribution >= 4 is 44.7 Å². The Kier molecular flexibility index (Phi) is 4.81. The summed E-state index contributed by atoms with van der Waals surface area (Å²) in [6.45, 7) is 2.01. The molecule has 0 aliphatic heterocycles. The number of hydrogen-bond acceptors (Lipinski definition) is 2. The van der Waals surface area contributed by atoms with Gasteiger partial charge in [-0.05, 0) is 37.5 Å². The van der Waals surface area contributed by atoms with Crippen molar-refractivity contribution in [2.75, 3.05) is 5.32 Å². The Morgan fingerprint density at radius 2 is 2.00 bits per heavy atom. The number of thiocarbonyl (C=S) groups is 1. The molecule has 1 saturated carbocycles. The molecule has 1 aliphatic carbocycles. The van der Waals surface area contributed by atoms with Gasteiger partial charge in [0, 0.05) is 10.2 Å². The predicted octanol–water partition coefficient (Wildman–Crippen LogP) is 3.93. The van der Waals surface area contributed by atoms with Gasteiger partial charge in [0.25, 0.3) is 0 Å². The van der Waals surface area contributed by atoms with Gasteiger partial charge in [-0.15, -0.1) is 0 Å². The van der Waals surface area contributed by atoms with E-state index in [1.165, 1.54) is 0 Å². The molecule has 5 heteroatoms. The Balaban J connectivity index is 2.20. The summed E-state index contributed by atoms with van der Waals surface area (Å²) < 4.78 is 0.975. The van der Waals surface area contributed by atoms with E-state index >= 15 is 0 Å². The van der Waals surface area contributed by atoms with Crippen molar-refractivity contribution in [3.05, 3.63) is 28.2 Å². The van der Waals surface area contributed by atoms with Gasteiger partial charge in [0.05, 0.1) is 10.4 Å². The number of nitrogens with two attached hydrogens (primary N) is 1. The average Bonchev–Trinajstić information content (AvgIpc) is 2.43. The second-order valence-corrected chi connectivity index (χ2v) is 6.72. The second kappa shape index (κ2) is 6.22. The van der Waals surface area contributed by atoms with E-state index in [1.54, 1.807) is 0 Å². The number of carbonyl (C=O) groups excluding carboxylic acids is 1. The fourth-order valence-corrected chi connectivity index (χ4v) is 3.34. The van der Waals surface area contributed by atoms with Crippen LogP contribution < -0.4 is 11.1 Å². The molecular formula is C15H19BrN2OS. The smallest absolute Gasteiger partial charge is 0.237 e. The maximum Gasteiger partial charge on any atom is 0.237 e. The van der Waals surface area contributed by atoms with Gasteiger partial charge in [0.1, 0.15) is 0 Å². The van der Waals surface area contributed by atoms with Crippen LogP contribution in [0.2, 0.25) is 0 Å². The van der Waals surface area contributed by atoms with E-state index in [4.69, 9.17) is 18.0 Å². The molecule has 20 heavy (non-hydrogen) atoms. The number of aryl methyl sites for hydroxylation is 1. The number of nitrogens with one attached hydrogen (secondary N) is 1. The molecule has 1 aromatic rings. The van der Waals surface area contributed by atoms with Gasteiger partial charge in [-0.1, -0.05) is 53.5 Å². The van der Waals surface area contributed by atoms with E-state index in [0.29, 0.717) is 4.99 Å². The normalized spacial score (nSPS) is 17.5. The summed E-state index contributed by atoms with van der Waals surface area (Å²) in [6, 6.07) is 5.77. The van der Waals surface area contributed by atoms with Crippen LogP contribution in [0.25, 0.3) is 0 Å². The first kappa shape index (κ1) is 15.4. The molecule has 0 saturated heterocycles. The summed E-state index contributed by atoms with van der Waals surface area (Å²) in [5.41, 5.74) is 7.10. The lowest BCUT2D eigenvalue weighted by atomic mass is 9.73. The highest BCUT2D eigenvalue weighted by Crippen LogP contribution is 2.38. The highest BCUT2D eigenvalue weighted by molar-refractivity contribution is 9.10. The fraction of sp³-hybridized carbons (Fsp3) is 0.467. The van der Waals surface area contributed by atoms with Crippen LogP contribution in [0.4, 0.5) is 5.69 Å². The van der Waals surface area contributed by atoms with Crippen LogP contribution in [-0.4, -0.2) is 10.9 Å². The van der Waals surface area contributed by atoms with Crippen LogP contribution in [0.3, 0.4) is 0 Å². The summed E-state index contributed by atoms with van der Waals surface area (Å²) in [7, 11) is 0. The molecule has 0 radical (unpaired) electrons. The van der Waals surface area contributed by atoms with Gasteiger partial charge in [-0.2, -0.15) is 0 Å². The van der Waals surface area contributed by atoms with E-state index in [1.807, 2.05) is 25.1 Å². The van der Waals surface area contributed by atoms with Gasteiger partial charge >= 0.3 is 0 Å². The number of amides is 1. The number of benzene rings is 1. The molecule has 1 fully saturated rings. The zero-order valence-corrected chi connectivity index (χ0v) is 13.9. The minimum Gasteiger partial charge on any atom is -0.392 e. The molecule has 108 valence electrons. The van der Waals surface area contributed by atoms with Gasteiger partial charge < -0.3 is 11.1 Å². The Hall–Kier alpha value is -0.940. The minimum atomic E-state index is -0.676. The molecule has 0 atom stereocenters. The monoisotopic (exact) mass is 354 g/mol. The lowest BCUT2D eigenvalue weighted by Crippen LogP contribution is -2.47. The topological polar surface area (TPSA) is 55.1 Å². The van der Waals surface area contributed by atoms with Crippen LogP contribution >= 0.6 is 28.1 Å². The molecule has 0 unspecified atom stereocenters. The Morgan fingerprint density at radius 1 is 1.35 bits per heavy atom. The number of halogens is 1. The van der Waals surface area contributed by atoms with E-state index < -0.39 is 5.41 Å². The van der Waals surface area contributed by atoms with Gasteiger partial charge in [0.15, 0.2) is 0 Å². The molecule has 0 bridgehead atoms. The molecule has 0 spiro atoms. The van der Waals surface area contributed by atoms with Gasteiger partial charge in [-0.25, -0.2) is 0 Å². The molecule has 2 rings (SSSR count). The summed E-state index contributed by atoms with van der Waals surface area (Å²) in [5.74, 6) is -0.0690. The Bertz CT molecular complexity index is 539. The molecule has 1 amide bonds. The lowest BCUT2D eigenvalue weighted by molar-refractivity contribution is -0.123. The van der Waals surface area contributed by atoms with Crippen LogP contribution in [0, 0.1) is 12.3 Å². The summed E-state index contributed by atoms with van der Waals surface area (Å²) in [5, 5.41) is 2.97. The standard InChI is InChI=1S/C15H19BrN2OS/c1-10-5-6-11(9-12(10)16)18-14(19)15(13(17)20)7-3-2-4-8-15/h5-6,9H,2-4,7-8H2,1H3,(H2,17,20)(H,18,19). The zero-order chi connectivity index (χ0) is 14.8. The molecule has 3 nitrogen and oxygen atoms in total. The van der Waals surface area contributed by atoms with Crippen molar-refractivity contribution in [2.45, 2.75) is 39.0 Å². The molecule has 0 heterocycles. The van der Waals surface area contributed by atoms with Gasteiger partial charge in [0.2, 0.25) is 5.91 Å². The largest absolute Gasteiger partial charge is 0.392 e. The second-order valence-electron chi connectivity index (χ2n) is 5.43. The summed E-state index contributed by atoms with van der Waals surface area (Å²) in [6.07, 6.45) is 4.65. The number of rotatable bonds is 3. The Labute approximate surface area is 133 Å². The first-order valence-corrected chi connectivity index (χ1v) is 8.03. The molecule has 0 aromatic heterocycles.